The number of nitrogens with one attached hydrogen (secondary N) is 1. The molecule has 1 aromatic heterocycles. The van der Waals surface area contributed by atoms with Gasteiger partial charge in [0.25, 0.3) is 0 Å². The summed E-state index contributed by atoms with van der Waals surface area (Å²) in [5, 5.41) is 3.43. The zero-order valence-corrected chi connectivity index (χ0v) is 13.3. The van der Waals surface area contributed by atoms with E-state index in [4.69, 9.17) is 9.47 Å². The van der Waals surface area contributed by atoms with Crippen LogP contribution in [0.4, 0.5) is 0 Å². The van der Waals surface area contributed by atoms with Gasteiger partial charge in [-0.2, -0.15) is 0 Å². The molecule has 0 saturated carbocycles. The Hall–Kier alpha value is -0.970. The number of aryl methyl sites for hydroxylation is 1. The third kappa shape index (κ3) is 6.55. The minimum Gasteiger partial charge on any atom is -0.379 e. The molecule has 21 heavy (non-hydrogen) atoms. The molecule has 2 atom stereocenters. The van der Waals surface area contributed by atoms with Gasteiger partial charge in [-0.05, 0) is 43.4 Å². The predicted octanol–water partition coefficient (Wildman–Crippen LogP) is 2.58. The molecule has 4 heteroatoms. The first-order valence-corrected chi connectivity index (χ1v) is 8.09. The zero-order valence-electron chi connectivity index (χ0n) is 13.3. The van der Waals surface area contributed by atoms with Gasteiger partial charge in [0.2, 0.25) is 0 Å². The van der Waals surface area contributed by atoms with Crippen LogP contribution in [0.15, 0.2) is 24.5 Å². The molecule has 118 valence electrons. The van der Waals surface area contributed by atoms with Crippen LogP contribution in [0, 0.1) is 0 Å². The van der Waals surface area contributed by atoms with Crippen molar-refractivity contribution in [1.82, 2.24) is 10.3 Å². The summed E-state index contributed by atoms with van der Waals surface area (Å²) in [4.78, 5) is 4.02. The van der Waals surface area contributed by atoms with Crippen molar-refractivity contribution in [2.45, 2.75) is 57.8 Å². The van der Waals surface area contributed by atoms with Crippen LogP contribution in [0.1, 0.15) is 38.7 Å². The third-order valence-electron chi connectivity index (χ3n) is 3.76. The lowest BCUT2D eigenvalue weighted by Gasteiger charge is -2.16. The van der Waals surface area contributed by atoms with Gasteiger partial charge >= 0.3 is 0 Å². The predicted molar refractivity (Wildman–Crippen MR) is 84.4 cm³/mol. The quantitative estimate of drug-likeness (QED) is 0.710. The highest BCUT2D eigenvalue weighted by Crippen LogP contribution is 2.19. The van der Waals surface area contributed by atoms with Gasteiger partial charge in [0.05, 0.1) is 18.8 Å². The standard InChI is InChI=1S/C17H28N2O2/c1-14(2)19-12-16-5-6-17(21-16)13-20-11-3-4-15-7-9-18-10-8-15/h7-10,14,16-17,19H,3-6,11-13H2,1-2H3. The summed E-state index contributed by atoms with van der Waals surface area (Å²) in [7, 11) is 0. The van der Waals surface area contributed by atoms with Crippen molar-refractivity contribution in [3.05, 3.63) is 30.1 Å². The van der Waals surface area contributed by atoms with Gasteiger partial charge in [-0.15, -0.1) is 0 Å². The van der Waals surface area contributed by atoms with Crippen LogP contribution in [0.2, 0.25) is 0 Å². The van der Waals surface area contributed by atoms with Gasteiger partial charge in [0, 0.05) is 31.6 Å². The first-order valence-electron chi connectivity index (χ1n) is 8.09. The normalized spacial score (nSPS) is 22.0. The second kappa shape index (κ2) is 9.13. The number of rotatable bonds is 9. The van der Waals surface area contributed by atoms with Crippen LogP contribution in [0.3, 0.4) is 0 Å². The maximum Gasteiger partial charge on any atom is 0.0813 e. The van der Waals surface area contributed by atoms with E-state index in [0.717, 1.165) is 45.4 Å². The smallest absolute Gasteiger partial charge is 0.0813 e. The molecular formula is C17H28N2O2. The van der Waals surface area contributed by atoms with Gasteiger partial charge in [-0.3, -0.25) is 4.98 Å². The zero-order chi connectivity index (χ0) is 14.9. The van der Waals surface area contributed by atoms with E-state index in [1.54, 1.807) is 0 Å². The molecule has 1 N–H and O–H groups in total. The van der Waals surface area contributed by atoms with Gasteiger partial charge in [0.15, 0.2) is 0 Å². The Bertz CT molecular complexity index is 384. The van der Waals surface area contributed by atoms with E-state index < -0.39 is 0 Å². The molecule has 2 heterocycles. The van der Waals surface area contributed by atoms with Gasteiger partial charge in [-0.25, -0.2) is 0 Å². The van der Waals surface area contributed by atoms with E-state index in [0.29, 0.717) is 12.1 Å². The minimum absolute atomic E-state index is 0.282. The maximum absolute atomic E-state index is 5.98. The van der Waals surface area contributed by atoms with E-state index in [1.807, 2.05) is 12.4 Å². The summed E-state index contributed by atoms with van der Waals surface area (Å²) in [6.07, 6.45) is 8.69. The van der Waals surface area contributed by atoms with Crippen molar-refractivity contribution >= 4 is 0 Å². The fraction of sp³-hybridized carbons (Fsp3) is 0.706. The molecule has 1 aromatic rings. The average Bonchev–Trinajstić information content (AvgIpc) is 2.94. The molecule has 0 radical (unpaired) electrons. The number of nitrogens with zero attached hydrogens (tertiary/aromatic N) is 1. The summed E-state index contributed by atoms with van der Waals surface area (Å²) in [5.74, 6) is 0. The molecular weight excluding hydrogens is 264 g/mol. The molecule has 2 unspecified atom stereocenters. The molecule has 0 spiro atoms. The second-order valence-electron chi connectivity index (χ2n) is 6.05. The lowest BCUT2D eigenvalue weighted by molar-refractivity contribution is -0.0150. The molecule has 0 aliphatic carbocycles. The van der Waals surface area contributed by atoms with Crippen molar-refractivity contribution in [2.75, 3.05) is 19.8 Å². The minimum atomic E-state index is 0.282. The summed E-state index contributed by atoms with van der Waals surface area (Å²) in [6.45, 7) is 6.82. The molecule has 0 aromatic carbocycles. The second-order valence-corrected chi connectivity index (χ2v) is 6.05. The van der Waals surface area contributed by atoms with Crippen molar-refractivity contribution in [3.8, 4) is 0 Å². The van der Waals surface area contributed by atoms with Crippen molar-refractivity contribution < 1.29 is 9.47 Å². The Balaban J connectivity index is 1.50. The summed E-state index contributed by atoms with van der Waals surface area (Å²) < 4.78 is 11.7. The first kappa shape index (κ1) is 16.4. The molecule has 2 rings (SSSR count). The van der Waals surface area contributed by atoms with Crippen LogP contribution in [-0.4, -0.2) is 43.0 Å². The molecule has 1 aliphatic rings. The van der Waals surface area contributed by atoms with E-state index in [-0.39, 0.29) is 6.10 Å². The summed E-state index contributed by atoms with van der Waals surface area (Å²) >= 11 is 0. The van der Waals surface area contributed by atoms with E-state index in [2.05, 4.69) is 36.3 Å². The lowest BCUT2D eigenvalue weighted by atomic mass is 10.1. The lowest BCUT2D eigenvalue weighted by Crippen LogP contribution is -2.32. The van der Waals surface area contributed by atoms with Crippen LogP contribution in [0.25, 0.3) is 0 Å². The number of pyridine rings is 1. The van der Waals surface area contributed by atoms with Crippen LogP contribution >= 0.6 is 0 Å². The van der Waals surface area contributed by atoms with Gasteiger partial charge < -0.3 is 14.8 Å². The van der Waals surface area contributed by atoms with E-state index in [1.165, 1.54) is 5.56 Å². The van der Waals surface area contributed by atoms with Crippen molar-refractivity contribution in [3.63, 3.8) is 0 Å². The largest absolute Gasteiger partial charge is 0.379 e. The molecule has 1 saturated heterocycles. The van der Waals surface area contributed by atoms with Crippen LogP contribution < -0.4 is 5.32 Å². The third-order valence-corrected chi connectivity index (χ3v) is 3.76. The number of ether oxygens (including phenoxy) is 2. The van der Waals surface area contributed by atoms with Crippen molar-refractivity contribution in [1.29, 1.82) is 0 Å². The fourth-order valence-corrected chi connectivity index (χ4v) is 2.56. The average molecular weight is 292 g/mol. The van der Waals surface area contributed by atoms with E-state index >= 15 is 0 Å². The van der Waals surface area contributed by atoms with Crippen LogP contribution in [0.5, 0.6) is 0 Å². The van der Waals surface area contributed by atoms with Gasteiger partial charge in [-0.1, -0.05) is 13.8 Å². The molecule has 1 fully saturated rings. The van der Waals surface area contributed by atoms with Gasteiger partial charge in [0.1, 0.15) is 0 Å². The number of hydrogen-bond acceptors (Lipinski definition) is 4. The highest BCUT2D eigenvalue weighted by molar-refractivity contribution is 5.09. The molecule has 1 aliphatic heterocycles. The Morgan fingerprint density at radius 1 is 1.29 bits per heavy atom. The van der Waals surface area contributed by atoms with Crippen molar-refractivity contribution in [2.24, 2.45) is 0 Å². The highest BCUT2D eigenvalue weighted by atomic mass is 16.5. The fourth-order valence-electron chi connectivity index (χ4n) is 2.56. The van der Waals surface area contributed by atoms with E-state index in [9.17, 15) is 0 Å². The molecule has 0 bridgehead atoms. The molecule has 0 amide bonds. The summed E-state index contributed by atoms with van der Waals surface area (Å²) in [5.41, 5.74) is 1.32. The number of hydrogen-bond donors (Lipinski definition) is 1. The Morgan fingerprint density at radius 2 is 2.05 bits per heavy atom. The monoisotopic (exact) mass is 292 g/mol. The SMILES string of the molecule is CC(C)NCC1CCC(COCCCc2ccncc2)O1. The Kier molecular flexibility index (Phi) is 7.13. The maximum atomic E-state index is 5.98. The first-order chi connectivity index (χ1) is 10.2. The summed E-state index contributed by atoms with van der Waals surface area (Å²) in [6, 6.07) is 4.65. The van der Waals surface area contributed by atoms with Crippen LogP contribution in [-0.2, 0) is 15.9 Å². The Morgan fingerprint density at radius 3 is 2.81 bits per heavy atom. The highest BCUT2D eigenvalue weighted by Gasteiger charge is 2.24. The Labute approximate surface area is 128 Å². The number of aromatic nitrogens is 1. The molecule has 4 nitrogen and oxygen atoms in total. The topological polar surface area (TPSA) is 43.4 Å².